The minimum Gasteiger partial charge on any atom is -0.259 e. The second-order valence-electron chi connectivity index (χ2n) is 3.01. The van der Waals surface area contributed by atoms with Gasteiger partial charge >= 0.3 is 0 Å². The highest BCUT2D eigenvalue weighted by Gasteiger charge is 2.05. The molecule has 0 aromatic carbocycles. The van der Waals surface area contributed by atoms with Crippen LogP contribution in [0, 0.1) is 6.92 Å². The van der Waals surface area contributed by atoms with Crippen molar-refractivity contribution in [1.29, 1.82) is 0 Å². The summed E-state index contributed by atoms with van der Waals surface area (Å²) < 4.78 is 1.58. The van der Waals surface area contributed by atoms with Crippen LogP contribution in [-0.4, -0.2) is 19.7 Å². The Kier molecular flexibility index (Phi) is 2.88. The minimum absolute atomic E-state index is 0.328. The quantitative estimate of drug-likeness (QED) is 0.760. The molecule has 2 rings (SSSR count). The molecule has 0 bridgehead atoms. The van der Waals surface area contributed by atoms with Crippen molar-refractivity contribution in [3.8, 4) is 5.82 Å². The maximum atomic E-state index is 5.90. The standard InChI is InChI=1S/C9H8Cl2N4/c1-6-8(11)5-15(14-6)9-4-12-3-7(2-10)13-9/h3-5H,2H2,1H3. The van der Waals surface area contributed by atoms with Crippen LogP contribution in [0.2, 0.25) is 5.02 Å². The third-order valence-corrected chi connectivity index (χ3v) is 2.53. The van der Waals surface area contributed by atoms with Gasteiger partial charge in [0.15, 0.2) is 5.82 Å². The van der Waals surface area contributed by atoms with E-state index in [1.807, 2.05) is 6.92 Å². The van der Waals surface area contributed by atoms with Gasteiger partial charge < -0.3 is 0 Å². The fraction of sp³-hybridized carbons (Fsp3) is 0.222. The van der Waals surface area contributed by atoms with E-state index in [0.717, 1.165) is 5.69 Å². The molecular weight excluding hydrogens is 235 g/mol. The molecule has 0 saturated heterocycles. The number of alkyl halides is 1. The first-order valence-electron chi connectivity index (χ1n) is 4.29. The number of halogens is 2. The second-order valence-corrected chi connectivity index (χ2v) is 3.68. The van der Waals surface area contributed by atoms with Gasteiger partial charge in [-0.25, -0.2) is 9.67 Å². The highest BCUT2D eigenvalue weighted by Crippen LogP contribution is 2.14. The Hall–Kier alpha value is -1.13. The monoisotopic (exact) mass is 242 g/mol. The lowest BCUT2D eigenvalue weighted by Gasteiger charge is -2.00. The molecular formula is C9H8Cl2N4. The fourth-order valence-electron chi connectivity index (χ4n) is 1.13. The Morgan fingerprint density at radius 3 is 2.80 bits per heavy atom. The molecule has 78 valence electrons. The third kappa shape index (κ3) is 2.11. The molecule has 15 heavy (non-hydrogen) atoms. The number of rotatable bonds is 2. The molecule has 0 saturated carbocycles. The molecule has 0 aliphatic heterocycles. The van der Waals surface area contributed by atoms with Crippen LogP contribution in [0.5, 0.6) is 0 Å². The summed E-state index contributed by atoms with van der Waals surface area (Å²) in [6, 6.07) is 0. The molecule has 4 nitrogen and oxygen atoms in total. The van der Waals surface area contributed by atoms with E-state index in [4.69, 9.17) is 23.2 Å². The average Bonchev–Trinajstić information content (AvgIpc) is 2.59. The van der Waals surface area contributed by atoms with Crippen molar-refractivity contribution in [3.63, 3.8) is 0 Å². The average molecular weight is 243 g/mol. The van der Waals surface area contributed by atoms with E-state index < -0.39 is 0 Å². The van der Waals surface area contributed by atoms with E-state index >= 15 is 0 Å². The molecule has 0 fully saturated rings. The summed E-state index contributed by atoms with van der Waals surface area (Å²) in [6.45, 7) is 1.83. The maximum Gasteiger partial charge on any atom is 0.172 e. The van der Waals surface area contributed by atoms with Crippen molar-refractivity contribution < 1.29 is 0 Å². The lowest BCUT2D eigenvalue weighted by atomic mass is 10.5. The molecule has 0 unspecified atom stereocenters. The molecule has 0 N–H and O–H groups in total. The van der Waals surface area contributed by atoms with E-state index in [-0.39, 0.29) is 0 Å². The van der Waals surface area contributed by atoms with Gasteiger partial charge in [-0.1, -0.05) is 11.6 Å². The molecule has 0 atom stereocenters. The van der Waals surface area contributed by atoms with Gasteiger partial charge in [0.25, 0.3) is 0 Å². The first-order chi connectivity index (χ1) is 7.20. The topological polar surface area (TPSA) is 43.6 Å². The molecule has 2 aromatic rings. The predicted molar refractivity (Wildman–Crippen MR) is 58.5 cm³/mol. The van der Waals surface area contributed by atoms with Gasteiger partial charge in [-0.3, -0.25) is 4.98 Å². The van der Waals surface area contributed by atoms with Crippen LogP contribution in [0.4, 0.5) is 0 Å². The zero-order valence-corrected chi connectivity index (χ0v) is 9.50. The molecule has 0 aliphatic carbocycles. The molecule has 2 heterocycles. The van der Waals surface area contributed by atoms with Crippen LogP contribution in [0.1, 0.15) is 11.4 Å². The third-order valence-electron chi connectivity index (χ3n) is 1.88. The maximum absolute atomic E-state index is 5.90. The van der Waals surface area contributed by atoms with Gasteiger partial charge in [-0.15, -0.1) is 11.6 Å². The number of hydrogen-bond acceptors (Lipinski definition) is 3. The Balaban J connectivity index is 2.44. The Labute approximate surface area is 96.9 Å². The van der Waals surface area contributed by atoms with Gasteiger partial charge in [0.1, 0.15) is 0 Å². The zero-order valence-electron chi connectivity index (χ0n) is 7.98. The lowest BCUT2D eigenvalue weighted by Crippen LogP contribution is -2.01. The van der Waals surface area contributed by atoms with Gasteiger partial charge in [0, 0.05) is 6.20 Å². The summed E-state index contributed by atoms with van der Waals surface area (Å²) in [6.07, 6.45) is 4.92. The Morgan fingerprint density at radius 2 is 2.20 bits per heavy atom. The van der Waals surface area contributed by atoms with Gasteiger partial charge in [-0.2, -0.15) is 5.10 Å². The van der Waals surface area contributed by atoms with E-state index in [2.05, 4.69) is 15.1 Å². The van der Waals surface area contributed by atoms with Crippen LogP contribution in [0.25, 0.3) is 5.82 Å². The summed E-state index contributed by atoms with van der Waals surface area (Å²) >= 11 is 11.6. The summed E-state index contributed by atoms with van der Waals surface area (Å²) in [7, 11) is 0. The van der Waals surface area contributed by atoms with E-state index in [1.165, 1.54) is 0 Å². The van der Waals surface area contributed by atoms with Crippen molar-refractivity contribution in [2.75, 3.05) is 0 Å². The summed E-state index contributed by atoms with van der Waals surface area (Å²) in [4.78, 5) is 8.28. The normalized spacial score (nSPS) is 10.6. The van der Waals surface area contributed by atoms with Crippen LogP contribution < -0.4 is 0 Å². The second kappa shape index (κ2) is 4.16. The zero-order chi connectivity index (χ0) is 10.8. The number of nitrogens with zero attached hydrogens (tertiary/aromatic N) is 4. The number of hydrogen-bond donors (Lipinski definition) is 0. The highest BCUT2D eigenvalue weighted by molar-refractivity contribution is 6.31. The van der Waals surface area contributed by atoms with Gasteiger partial charge in [-0.05, 0) is 6.92 Å². The molecule has 0 radical (unpaired) electrons. The molecule has 6 heteroatoms. The molecule has 0 spiro atoms. The minimum atomic E-state index is 0.328. The first kappa shape index (κ1) is 10.4. The lowest BCUT2D eigenvalue weighted by molar-refractivity contribution is 0.816. The molecule has 2 aromatic heterocycles. The smallest absolute Gasteiger partial charge is 0.172 e. The highest BCUT2D eigenvalue weighted by atomic mass is 35.5. The summed E-state index contributed by atoms with van der Waals surface area (Å²) in [5, 5.41) is 4.80. The van der Waals surface area contributed by atoms with E-state index in [0.29, 0.717) is 22.4 Å². The van der Waals surface area contributed by atoms with Crippen LogP contribution in [0.3, 0.4) is 0 Å². The largest absolute Gasteiger partial charge is 0.259 e. The van der Waals surface area contributed by atoms with Gasteiger partial charge in [0.05, 0.1) is 34.7 Å². The Morgan fingerprint density at radius 1 is 1.40 bits per heavy atom. The van der Waals surface area contributed by atoms with Crippen molar-refractivity contribution in [2.45, 2.75) is 12.8 Å². The van der Waals surface area contributed by atoms with Crippen LogP contribution in [0.15, 0.2) is 18.6 Å². The van der Waals surface area contributed by atoms with Crippen LogP contribution >= 0.6 is 23.2 Å². The first-order valence-corrected chi connectivity index (χ1v) is 5.21. The summed E-state index contributed by atoms with van der Waals surface area (Å²) in [5.74, 6) is 0.942. The molecule has 0 aliphatic rings. The Bertz CT molecular complexity index is 461. The number of aromatic nitrogens is 4. The number of aryl methyl sites for hydroxylation is 1. The summed E-state index contributed by atoms with van der Waals surface area (Å²) in [5.41, 5.74) is 1.47. The fourth-order valence-corrected chi connectivity index (χ4v) is 1.38. The van der Waals surface area contributed by atoms with Gasteiger partial charge in [0.2, 0.25) is 0 Å². The van der Waals surface area contributed by atoms with E-state index in [1.54, 1.807) is 23.3 Å². The van der Waals surface area contributed by atoms with Crippen molar-refractivity contribution >= 4 is 23.2 Å². The SMILES string of the molecule is Cc1nn(-c2cncc(CCl)n2)cc1Cl. The molecule has 0 amide bonds. The predicted octanol–water partition coefficient (Wildman–Crippen LogP) is 2.36. The van der Waals surface area contributed by atoms with Crippen LogP contribution in [-0.2, 0) is 5.88 Å². The van der Waals surface area contributed by atoms with Crippen molar-refractivity contribution in [1.82, 2.24) is 19.7 Å². The van der Waals surface area contributed by atoms with Crippen molar-refractivity contribution in [3.05, 3.63) is 35.0 Å². The van der Waals surface area contributed by atoms with Crippen molar-refractivity contribution in [2.24, 2.45) is 0 Å². The van der Waals surface area contributed by atoms with E-state index in [9.17, 15) is 0 Å².